The van der Waals surface area contributed by atoms with E-state index in [9.17, 15) is 14.0 Å². The van der Waals surface area contributed by atoms with E-state index < -0.39 is 0 Å². The first-order chi connectivity index (χ1) is 14.0. The average Bonchev–Trinajstić information content (AvgIpc) is 2.74. The monoisotopic (exact) mass is 415 g/mol. The van der Waals surface area contributed by atoms with E-state index in [2.05, 4.69) is 10.2 Å². The molecule has 1 N–H and O–H groups in total. The molecule has 1 heterocycles. The second kappa shape index (κ2) is 10.2. The fourth-order valence-electron chi connectivity index (χ4n) is 3.13. The maximum atomic E-state index is 13.9. The summed E-state index contributed by atoms with van der Waals surface area (Å²) >= 11 is 6.09. The zero-order chi connectivity index (χ0) is 20.6. The Bertz CT molecular complexity index is 861. The van der Waals surface area contributed by atoms with Gasteiger partial charge in [-0.1, -0.05) is 48.0 Å². The van der Waals surface area contributed by atoms with Gasteiger partial charge in [0.25, 0.3) is 0 Å². The van der Waals surface area contributed by atoms with Gasteiger partial charge in [-0.15, -0.1) is 0 Å². The normalized spacial score (nSPS) is 14.9. The van der Waals surface area contributed by atoms with E-state index in [1.54, 1.807) is 23.1 Å². The second-order valence-corrected chi connectivity index (χ2v) is 7.23. The molecule has 152 valence electrons. The summed E-state index contributed by atoms with van der Waals surface area (Å²) in [6.45, 7) is 2.67. The molecule has 1 aliphatic heterocycles. The second-order valence-electron chi connectivity index (χ2n) is 6.82. The van der Waals surface area contributed by atoms with Crippen LogP contribution < -0.4 is 5.32 Å². The molecule has 5 nitrogen and oxygen atoms in total. The van der Waals surface area contributed by atoms with E-state index in [0.717, 1.165) is 5.56 Å². The number of hydrogen-bond donors (Lipinski definition) is 1. The van der Waals surface area contributed by atoms with Gasteiger partial charge in [0.1, 0.15) is 5.82 Å². The highest BCUT2D eigenvalue weighted by atomic mass is 35.5. The van der Waals surface area contributed by atoms with Gasteiger partial charge in [0.05, 0.1) is 6.54 Å². The zero-order valence-corrected chi connectivity index (χ0v) is 16.7. The third kappa shape index (κ3) is 6.14. The van der Waals surface area contributed by atoms with Gasteiger partial charge in [-0.3, -0.25) is 14.5 Å². The summed E-state index contributed by atoms with van der Waals surface area (Å²) in [7, 11) is 0. The topological polar surface area (TPSA) is 52.7 Å². The van der Waals surface area contributed by atoms with E-state index in [1.807, 2.05) is 30.3 Å². The van der Waals surface area contributed by atoms with Crippen LogP contribution in [0.1, 0.15) is 11.1 Å². The van der Waals surface area contributed by atoms with Gasteiger partial charge < -0.3 is 10.2 Å². The molecule has 7 heteroatoms. The number of rotatable bonds is 6. The van der Waals surface area contributed by atoms with Crippen molar-refractivity contribution in [2.24, 2.45) is 0 Å². The lowest BCUT2D eigenvalue weighted by molar-refractivity contribution is -0.133. The van der Waals surface area contributed by atoms with Crippen LogP contribution in [-0.2, 0) is 16.1 Å². The quantitative estimate of drug-likeness (QED) is 0.738. The fraction of sp³-hybridized carbons (Fsp3) is 0.273. The standard InChI is InChI=1S/C22H23ClFN3O2/c23-19-7-4-8-20(24)18(19)16-26-11-13-27(14-12-26)22(29)15-25-21(28)10-9-17-5-2-1-3-6-17/h1-10H,11-16H2,(H,25,28)/b10-9+. The molecule has 2 aromatic rings. The van der Waals surface area contributed by atoms with Gasteiger partial charge >= 0.3 is 0 Å². The summed E-state index contributed by atoms with van der Waals surface area (Å²) in [4.78, 5) is 28.0. The third-order valence-corrected chi connectivity index (χ3v) is 5.16. The van der Waals surface area contributed by atoms with Gasteiger partial charge in [0.15, 0.2) is 0 Å². The van der Waals surface area contributed by atoms with Crippen molar-refractivity contribution in [2.75, 3.05) is 32.7 Å². The Kier molecular flexibility index (Phi) is 7.38. The van der Waals surface area contributed by atoms with Crippen LogP contribution in [0, 0.1) is 5.82 Å². The number of hydrogen-bond acceptors (Lipinski definition) is 3. The van der Waals surface area contributed by atoms with Crippen molar-refractivity contribution in [2.45, 2.75) is 6.54 Å². The Labute approximate surface area is 174 Å². The van der Waals surface area contributed by atoms with Gasteiger partial charge in [-0.05, 0) is 23.8 Å². The van der Waals surface area contributed by atoms with E-state index in [1.165, 1.54) is 12.1 Å². The van der Waals surface area contributed by atoms with E-state index >= 15 is 0 Å². The Hall–Kier alpha value is -2.70. The largest absolute Gasteiger partial charge is 0.343 e. The van der Waals surface area contributed by atoms with Gasteiger partial charge in [0.2, 0.25) is 11.8 Å². The van der Waals surface area contributed by atoms with Crippen molar-refractivity contribution >= 4 is 29.5 Å². The molecule has 1 fully saturated rings. The fourth-order valence-corrected chi connectivity index (χ4v) is 3.35. The van der Waals surface area contributed by atoms with Crippen LogP contribution in [0.5, 0.6) is 0 Å². The molecule has 0 spiro atoms. The summed E-state index contributed by atoms with van der Waals surface area (Å²) in [5, 5.41) is 3.03. The van der Waals surface area contributed by atoms with Gasteiger partial charge in [0, 0.05) is 49.4 Å². The van der Waals surface area contributed by atoms with Crippen molar-refractivity contribution in [3.05, 3.63) is 76.6 Å². The van der Waals surface area contributed by atoms with E-state index in [0.29, 0.717) is 43.3 Å². The predicted molar refractivity (Wildman–Crippen MR) is 112 cm³/mol. The minimum Gasteiger partial charge on any atom is -0.343 e. The van der Waals surface area contributed by atoms with E-state index in [4.69, 9.17) is 11.6 Å². The highest BCUT2D eigenvalue weighted by Gasteiger charge is 2.22. The number of benzene rings is 2. The van der Waals surface area contributed by atoms with Crippen molar-refractivity contribution < 1.29 is 14.0 Å². The molecule has 2 amide bonds. The zero-order valence-electron chi connectivity index (χ0n) is 16.0. The smallest absolute Gasteiger partial charge is 0.244 e. The minimum absolute atomic E-state index is 0.0445. The summed E-state index contributed by atoms with van der Waals surface area (Å²) in [6, 6.07) is 14.1. The first-order valence-corrected chi connectivity index (χ1v) is 9.84. The summed E-state index contributed by atoms with van der Waals surface area (Å²) in [5.41, 5.74) is 1.39. The van der Waals surface area contributed by atoms with Crippen LogP contribution in [0.4, 0.5) is 4.39 Å². The molecule has 0 saturated carbocycles. The molecule has 0 atom stereocenters. The molecular weight excluding hydrogens is 393 g/mol. The Morgan fingerprint density at radius 1 is 1.03 bits per heavy atom. The molecule has 2 aromatic carbocycles. The van der Waals surface area contributed by atoms with Crippen LogP contribution in [0.15, 0.2) is 54.6 Å². The number of halogens is 2. The molecule has 1 aliphatic rings. The highest BCUT2D eigenvalue weighted by molar-refractivity contribution is 6.31. The van der Waals surface area contributed by atoms with Gasteiger partial charge in [-0.2, -0.15) is 0 Å². The number of carbonyl (C=O) groups is 2. The van der Waals surface area contributed by atoms with Crippen LogP contribution in [-0.4, -0.2) is 54.3 Å². The molecule has 29 heavy (non-hydrogen) atoms. The average molecular weight is 416 g/mol. The minimum atomic E-state index is -0.317. The Morgan fingerprint density at radius 3 is 2.45 bits per heavy atom. The Morgan fingerprint density at radius 2 is 1.76 bits per heavy atom. The van der Waals surface area contributed by atoms with Crippen molar-refractivity contribution in [1.29, 1.82) is 0 Å². The van der Waals surface area contributed by atoms with E-state index in [-0.39, 0.29) is 24.2 Å². The molecule has 0 unspecified atom stereocenters. The summed E-state index contributed by atoms with van der Waals surface area (Å²) < 4.78 is 13.9. The van der Waals surface area contributed by atoms with Crippen molar-refractivity contribution in [1.82, 2.24) is 15.1 Å². The lowest BCUT2D eigenvalue weighted by atomic mass is 10.2. The molecule has 3 rings (SSSR count). The first-order valence-electron chi connectivity index (χ1n) is 9.47. The molecule has 1 saturated heterocycles. The predicted octanol–water partition coefficient (Wildman–Crippen LogP) is 2.95. The van der Waals surface area contributed by atoms with Crippen LogP contribution in [0.2, 0.25) is 5.02 Å². The summed E-state index contributed by atoms with van der Waals surface area (Å²) in [6.07, 6.45) is 3.12. The highest BCUT2D eigenvalue weighted by Crippen LogP contribution is 2.21. The number of nitrogens with one attached hydrogen (secondary N) is 1. The molecule has 0 aliphatic carbocycles. The lowest BCUT2D eigenvalue weighted by Gasteiger charge is -2.35. The van der Waals surface area contributed by atoms with Crippen LogP contribution in [0.3, 0.4) is 0 Å². The van der Waals surface area contributed by atoms with Crippen LogP contribution in [0.25, 0.3) is 6.08 Å². The van der Waals surface area contributed by atoms with Gasteiger partial charge in [-0.25, -0.2) is 4.39 Å². The Balaban J connectivity index is 1.42. The van der Waals surface area contributed by atoms with Crippen molar-refractivity contribution in [3.8, 4) is 0 Å². The summed E-state index contributed by atoms with van der Waals surface area (Å²) in [5.74, 6) is -0.757. The number of carbonyl (C=O) groups excluding carboxylic acids is 2. The van der Waals surface area contributed by atoms with Crippen molar-refractivity contribution in [3.63, 3.8) is 0 Å². The molecular formula is C22H23ClFN3O2. The number of amides is 2. The lowest BCUT2D eigenvalue weighted by Crippen LogP contribution is -2.50. The molecule has 0 radical (unpaired) electrons. The number of piperazine rings is 1. The SMILES string of the molecule is O=C(/C=C/c1ccccc1)NCC(=O)N1CCN(Cc2c(F)cccc2Cl)CC1. The number of nitrogens with zero attached hydrogens (tertiary/aromatic N) is 2. The molecule has 0 aromatic heterocycles. The first kappa shape index (κ1) is 21.0. The maximum absolute atomic E-state index is 13.9. The maximum Gasteiger partial charge on any atom is 0.244 e. The van der Waals surface area contributed by atoms with Crippen LogP contribution >= 0.6 is 11.6 Å². The molecule has 0 bridgehead atoms. The third-order valence-electron chi connectivity index (χ3n) is 4.81.